The molecule has 1 atom stereocenters. The molecular formula is C17H22N2O3S. The number of sulfonamides is 1. The maximum Gasteiger partial charge on any atom is 0.296 e. The van der Waals surface area contributed by atoms with Crippen molar-refractivity contribution in [3.8, 4) is 11.8 Å². The molecule has 1 heterocycles. The first-order chi connectivity index (χ1) is 10.9. The Morgan fingerprint density at radius 1 is 1.35 bits per heavy atom. The Kier molecular flexibility index (Phi) is 5.80. The van der Waals surface area contributed by atoms with Gasteiger partial charge in [0.2, 0.25) is 10.0 Å². The van der Waals surface area contributed by atoms with Crippen molar-refractivity contribution in [2.75, 3.05) is 13.1 Å². The molecule has 1 amide bonds. The molecular weight excluding hydrogens is 312 g/mol. The van der Waals surface area contributed by atoms with Crippen molar-refractivity contribution in [1.82, 2.24) is 9.62 Å². The highest BCUT2D eigenvalue weighted by Gasteiger charge is 2.28. The number of amides is 1. The van der Waals surface area contributed by atoms with Gasteiger partial charge in [0.1, 0.15) is 0 Å². The summed E-state index contributed by atoms with van der Waals surface area (Å²) in [7, 11) is -3.43. The van der Waals surface area contributed by atoms with E-state index in [1.165, 1.54) is 0 Å². The second-order valence-electron chi connectivity index (χ2n) is 5.81. The molecule has 1 aromatic rings. The molecule has 124 valence electrons. The molecule has 1 aliphatic rings. The van der Waals surface area contributed by atoms with Gasteiger partial charge in [-0.2, -0.15) is 4.31 Å². The Morgan fingerprint density at radius 2 is 2.04 bits per heavy atom. The summed E-state index contributed by atoms with van der Waals surface area (Å²) >= 11 is 0. The topological polar surface area (TPSA) is 66.5 Å². The predicted octanol–water partition coefficient (Wildman–Crippen LogP) is 1.75. The molecule has 0 aliphatic carbocycles. The maximum absolute atomic E-state index is 12.6. The van der Waals surface area contributed by atoms with Crippen molar-refractivity contribution in [2.45, 2.75) is 38.1 Å². The van der Waals surface area contributed by atoms with E-state index in [4.69, 9.17) is 0 Å². The second-order valence-corrected chi connectivity index (χ2v) is 7.75. The van der Waals surface area contributed by atoms with Gasteiger partial charge in [0.15, 0.2) is 0 Å². The molecule has 0 unspecified atom stereocenters. The number of carbonyl (C=O) groups excluding carboxylic acids is 1. The van der Waals surface area contributed by atoms with Gasteiger partial charge >= 0.3 is 0 Å². The van der Waals surface area contributed by atoms with Crippen LogP contribution in [0.4, 0.5) is 0 Å². The van der Waals surface area contributed by atoms with Crippen LogP contribution in [0.2, 0.25) is 0 Å². The second kappa shape index (κ2) is 7.62. The normalized spacial score (nSPS) is 18.8. The van der Waals surface area contributed by atoms with E-state index in [0.717, 1.165) is 18.4 Å². The average molecular weight is 334 g/mol. The maximum atomic E-state index is 12.6. The van der Waals surface area contributed by atoms with Crippen molar-refractivity contribution >= 4 is 15.9 Å². The Hall–Kier alpha value is -1.84. The summed E-state index contributed by atoms with van der Waals surface area (Å²) in [5, 5.41) is 2.65. The number of carbonyl (C=O) groups is 1. The molecule has 2 rings (SSSR count). The first-order valence-corrected chi connectivity index (χ1v) is 9.17. The summed E-state index contributed by atoms with van der Waals surface area (Å²) in [4.78, 5) is 11.6. The summed E-state index contributed by atoms with van der Waals surface area (Å²) in [6.45, 7) is 5.16. The van der Waals surface area contributed by atoms with Gasteiger partial charge < -0.3 is 5.32 Å². The SMILES string of the molecule is CC#CC(=O)NCc1ccc(S(=O)(=O)N2CCC[C@H](C)C2)cc1. The number of rotatable bonds is 4. The third kappa shape index (κ3) is 4.57. The molecule has 1 aliphatic heterocycles. The van der Waals surface area contributed by atoms with Crippen LogP contribution in [0.5, 0.6) is 0 Å². The smallest absolute Gasteiger partial charge is 0.296 e. The van der Waals surface area contributed by atoms with E-state index >= 15 is 0 Å². The largest absolute Gasteiger partial charge is 0.341 e. The van der Waals surface area contributed by atoms with E-state index in [1.54, 1.807) is 35.5 Å². The van der Waals surface area contributed by atoms with Crippen molar-refractivity contribution in [3.05, 3.63) is 29.8 Å². The molecule has 0 radical (unpaired) electrons. The first kappa shape index (κ1) is 17.5. The fourth-order valence-corrected chi connectivity index (χ4v) is 4.23. The lowest BCUT2D eigenvalue weighted by atomic mass is 10.0. The van der Waals surface area contributed by atoms with E-state index < -0.39 is 10.0 Å². The number of hydrogen-bond donors (Lipinski definition) is 1. The minimum absolute atomic E-state index is 0.301. The fourth-order valence-electron chi connectivity index (χ4n) is 2.63. The first-order valence-electron chi connectivity index (χ1n) is 7.73. The van der Waals surface area contributed by atoms with Gasteiger partial charge in [0.25, 0.3) is 5.91 Å². The zero-order chi connectivity index (χ0) is 16.9. The fraction of sp³-hybridized carbons (Fsp3) is 0.471. The highest BCUT2D eigenvalue weighted by Crippen LogP contribution is 2.23. The van der Waals surface area contributed by atoms with E-state index in [2.05, 4.69) is 24.1 Å². The lowest BCUT2D eigenvalue weighted by molar-refractivity contribution is -0.115. The van der Waals surface area contributed by atoms with Crippen LogP contribution in [-0.4, -0.2) is 31.7 Å². The minimum atomic E-state index is -3.43. The molecule has 1 N–H and O–H groups in total. The zero-order valence-electron chi connectivity index (χ0n) is 13.5. The van der Waals surface area contributed by atoms with Crippen LogP contribution in [0.1, 0.15) is 32.3 Å². The third-order valence-electron chi connectivity index (χ3n) is 3.87. The number of benzene rings is 1. The quantitative estimate of drug-likeness (QED) is 0.853. The van der Waals surface area contributed by atoms with Crippen LogP contribution < -0.4 is 5.32 Å². The van der Waals surface area contributed by atoms with Gasteiger partial charge in [-0.1, -0.05) is 25.0 Å². The monoisotopic (exact) mass is 334 g/mol. The van der Waals surface area contributed by atoms with E-state index in [-0.39, 0.29) is 5.91 Å². The van der Waals surface area contributed by atoms with Crippen molar-refractivity contribution in [3.63, 3.8) is 0 Å². The molecule has 23 heavy (non-hydrogen) atoms. The van der Waals surface area contributed by atoms with E-state index in [9.17, 15) is 13.2 Å². The molecule has 1 fully saturated rings. The van der Waals surface area contributed by atoms with Gasteiger partial charge in [-0.25, -0.2) is 8.42 Å². The van der Waals surface area contributed by atoms with Crippen LogP contribution >= 0.6 is 0 Å². The Morgan fingerprint density at radius 3 is 2.65 bits per heavy atom. The lowest BCUT2D eigenvalue weighted by Crippen LogP contribution is -2.39. The van der Waals surface area contributed by atoms with Crippen molar-refractivity contribution in [2.24, 2.45) is 5.92 Å². The van der Waals surface area contributed by atoms with Crippen LogP contribution in [0.3, 0.4) is 0 Å². The summed E-state index contributed by atoms with van der Waals surface area (Å²) < 4.78 is 26.8. The lowest BCUT2D eigenvalue weighted by Gasteiger charge is -2.30. The van der Waals surface area contributed by atoms with Crippen molar-refractivity contribution < 1.29 is 13.2 Å². The van der Waals surface area contributed by atoms with Crippen molar-refractivity contribution in [1.29, 1.82) is 0 Å². The molecule has 6 heteroatoms. The highest BCUT2D eigenvalue weighted by atomic mass is 32.2. The third-order valence-corrected chi connectivity index (χ3v) is 5.75. The molecule has 0 bridgehead atoms. The molecule has 0 saturated carbocycles. The van der Waals surface area contributed by atoms with Gasteiger partial charge in [0, 0.05) is 19.6 Å². The molecule has 0 spiro atoms. The number of nitrogens with one attached hydrogen (secondary N) is 1. The Labute approximate surface area is 138 Å². The standard InChI is InChI=1S/C17H22N2O3S/c1-3-5-17(20)18-12-15-7-9-16(10-8-15)23(21,22)19-11-4-6-14(2)13-19/h7-10,14H,4,6,11-13H2,1-2H3,(H,18,20)/t14-/m0/s1. The number of piperidine rings is 1. The molecule has 1 saturated heterocycles. The zero-order valence-corrected chi connectivity index (χ0v) is 14.3. The predicted molar refractivity (Wildman–Crippen MR) is 88.9 cm³/mol. The summed E-state index contributed by atoms with van der Waals surface area (Å²) in [6, 6.07) is 6.64. The highest BCUT2D eigenvalue weighted by molar-refractivity contribution is 7.89. The van der Waals surface area contributed by atoms with Crippen LogP contribution in [-0.2, 0) is 21.4 Å². The summed E-state index contributed by atoms with van der Waals surface area (Å²) in [5.74, 6) is 4.98. The van der Waals surface area contributed by atoms with Crippen LogP contribution in [0.15, 0.2) is 29.2 Å². The average Bonchev–Trinajstić information content (AvgIpc) is 2.53. The van der Waals surface area contributed by atoms with Gasteiger partial charge in [-0.05, 0) is 49.3 Å². The Balaban J connectivity index is 2.05. The van der Waals surface area contributed by atoms with E-state index in [1.807, 2.05) is 0 Å². The number of nitrogens with zero attached hydrogens (tertiary/aromatic N) is 1. The van der Waals surface area contributed by atoms with Crippen LogP contribution in [0.25, 0.3) is 0 Å². The Bertz CT molecular complexity index is 714. The molecule has 0 aromatic heterocycles. The van der Waals surface area contributed by atoms with Crippen LogP contribution in [0, 0.1) is 17.8 Å². The van der Waals surface area contributed by atoms with E-state index in [0.29, 0.717) is 30.4 Å². The summed E-state index contributed by atoms with van der Waals surface area (Å²) in [5.41, 5.74) is 0.835. The van der Waals surface area contributed by atoms with Gasteiger partial charge in [0.05, 0.1) is 4.90 Å². The molecule has 5 nitrogen and oxygen atoms in total. The van der Waals surface area contributed by atoms with Gasteiger partial charge in [-0.15, -0.1) is 0 Å². The molecule has 1 aromatic carbocycles. The van der Waals surface area contributed by atoms with Gasteiger partial charge in [-0.3, -0.25) is 4.79 Å². The summed E-state index contributed by atoms with van der Waals surface area (Å²) in [6.07, 6.45) is 1.98. The minimum Gasteiger partial charge on any atom is -0.341 e. The number of hydrogen-bond acceptors (Lipinski definition) is 3.